The number of hydrogen-bond acceptors (Lipinski definition) is 3. The summed E-state index contributed by atoms with van der Waals surface area (Å²) in [6, 6.07) is 9.14. The van der Waals surface area contributed by atoms with E-state index in [-0.39, 0.29) is 0 Å². The topological polar surface area (TPSA) is 24.1 Å². The van der Waals surface area contributed by atoms with Crippen LogP contribution in [0, 0.1) is 0 Å². The molecule has 0 aromatic heterocycles. The fourth-order valence-corrected chi connectivity index (χ4v) is 2.39. The zero-order chi connectivity index (χ0) is 10.5. The molecule has 0 fully saturated rings. The Morgan fingerprint density at radius 1 is 1.40 bits per heavy atom. The number of hydrogen-bond donors (Lipinski definition) is 2. The predicted molar refractivity (Wildman–Crippen MR) is 68.6 cm³/mol. The van der Waals surface area contributed by atoms with Crippen molar-refractivity contribution in [3.8, 4) is 0 Å². The largest absolute Gasteiger partial charge is 0.383 e. The Labute approximate surface area is 95.8 Å². The second kappa shape index (κ2) is 5.42. The van der Waals surface area contributed by atoms with Gasteiger partial charge in [-0.05, 0) is 30.1 Å². The highest BCUT2D eigenvalue weighted by Gasteiger charge is 2.13. The average molecular weight is 222 g/mol. The lowest BCUT2D eigenvalue weighted by atomic mass is 10.2. The van der Waals surface area contributed by atoms with E-state index < -0.39 is 0 Å². The van der Waals surface area contributed by atoms with E-state index in [4.69, 9.17) is 0 Å². The summed E-state index contributed by atoms with van der Waals surface area (Å²) in [5, 5.41) is 7.11. The molecule has 0 bridgehead atoms. The van der Waals surface area contributed by atoms with Gasteiger partial charge in [0.15, 0.2) is 0 Å². The molecule has 15 heavy (non-hydrogen) atoms. The number of thioether (sulfide) groups is 1. The zero-order valence-corrected chi connectivity index (χ0v) is 9.94. The highest BCUT2D eigenvalue weighted by atomic mass is 32.2. The molecule has 82 valence electrons. The fraction of sp³-hybridized carbons (Fsp3) is 0.500. The van der Waals surface area contributed by atoms with E-state index in [9.17, 15) is 0 Å². The third kappa shape index (κ3) is 2.89. The van der Waals surface area contributed by atoms with Crippen LogP contribution in [0.3, 0.4) is 0 Å². The number of benzene rings is 1. The van der Waals surface area contributed by atoms with Crippen molar-refractivity contribution in [1.82, 2.24) is 5.32 Å². The van der Waals surface area contributed by atoms with Crippen molar-refractivity contribution >= 4 is 17.4 Å². The van der Waals surface area contributed by atoms with Crippen LogP contribution in [0.4, 0.5) is 5.69 Å². The predicted octanol–water partition coefficient (Wildman–Crippen LogP) is 2.32. The van der Waals surface area contributed by atoms with Gasteiger partial charge in [-0.15, -0.1) is 0 Å². The summed E-state index contributed by atoms with van der Waals surface area (Å²) >= 11 is 1.92. The van der Waals surface area contributed by atoms with E-state index in [2.05, 4.69) is 41.2 Å². The minimum absolute atomic E-state index is 0.602. The summed E-state index contributed by atoms with van der Waals surface area (Å²) < 4.78 is 0. The van der Waals surface area contributed by atoms with Gasteiger partial charge in [0.1, 0.15) is 0 Å². The molecule has 0 amide bonds. The van der Waals surface area contributed by atoms with Gasteiger partial charge in [-0.25, -0.2) is 0 Å². The molecule has 1 aromatic carbocycles. The quantitative estimate of drug-likeness (QED) is 0.821. The second-order valence-corrected chi connectivity index (χ2v) is 4.88. The van der Waals surface area contributed by atoms with E-state index in [1.807, 2.05) is 11.8 Å². The molecule has 1 atom stereocenters. The molecule has 1 heterocycles. The van der Waals surface area contributed by atoms with Crippen molar-refractivity contribution in [1.29, 1.82) is 0 Å². The van der Waals surface area contributed by atoms with Crippen molar-refractivity contribution in [3.05, 3.63) is 29.8 Å². The van der Waals surface area contributed by atoms with Gasteiger partial charge in [0.05, 0.1) is 0 Å². The minimum Gasteiger partial charge on any atom is -0.383 e. The number of nitrogens with one attached hydrogen (secondary N) is 2. The van der Waals surface area contributed by atoms with Crippen molar-refractivity contribution in [2.75, 3.05) is 23.9 Å². The molecule has 1 aromatic rings. The Kier molecular flexibility index (Phi) is 3.92. The first-order chi connectivity index (χ1) is 7.40. The maximum absolute atomic E-state index is 3.60. The Bertz CT molecular complexity index is 287. The van der Waals surface area contributed by atoms with Crippen LogP contribution in [0.25, 0.3) is 0 Å². The van der Waals surface area contributed by atoms with Crippen LogP contribution in [-0.2, 0) is 6.54 Å². The Hall–Kier alpha value is -0.670. The zero-order valence-electron chi connectivity index (χ0n) is 9.12. The van der Waals surface area contributed by atoms with Crippen LogP contribution < -0.4 is 10.6 Å². The highest BCUT2D eigenvalue weighted by molar-refractivity contribution is 7.98. The van der Waals surface area contributed by atoms with Gasteiger partial charge in [-0.1, -0.05) is 18.2 Å². The molecule has 0 aliphatic carbocycles. The molecule has 0 spiro atoms. The third-order valence-electron chi connectivity index (χ3n) is 2.81. The first kappa shape index (κ1) is 10.8. The molecule has 2 N–H and O–H groups in total. The lowest BCUT2D eigenvalue weighted by Gasteiger charge is -2.14. The normalized spacial score (nSPS) is 20.2. The van der Waals surface area contributed by atoms with Crippen molar-refractivity contribution in [2.24, 2.45) is 0 Å². The lowest BCUT2D eigenvalue weighted by molar-refractivity contribution is 0.529. The molecule has 0 saturated heterocycles. The third-order valence-corrected chi connectivity index (χ3v) is 3.45. The number of rotatable bonds is 3. The van der Waals surface area contributed by atoms with Gasteiger partial charge in [-0.2, -0.15) is 11.8 Å². The molecule has 1 aliphatic rings. The molecule has 3 heteroatoms. The van der Waals surface area contributed by atoms with Crippen LogP contribution in [0.5, 0.6) is 0 Å². The van der Waals surface area contributed by atoms with Crippen LogP contribution in [0.1, 0.15) is 12.0 Å². The standard InChI is InChI=1S/C12H18N2S/c1-15-7-6-11-9-14-12-5-3-2-4-10(12)8-13-11/h2-5,11,13-14H,6-9H2,1H3. The maximum atomic E-state index is 3.60. The van der Waals surface area contributed by atoms with Gasteiger partial charge in [0.25, 0.3) is 0 Å². The van der Waals surface area contributed by atoms with Crippen molar-refractivity contribution in [2.45, 2.75) is 19.0 Å². The maximum Gasteiger partial charge on any atom is 0.0386 e. The minimum atomic E-state index is 0.602. The molecule has 0 radical (unpaired) electrons. The second-order valence-electron chi connectivity index (χ2n) is 3.90. The smallest absolute Gasteiger partial charge is 0.0386 e. The molecular formula is C12H18N2S. The van der Waals surface area contributed by atoms with Gasteiger partial charge < -0.3 is 10.6 Å². The van der Waals surface area contributed by atoms with E-state index in [0.717, 1.165) is 13.1 Å². The van der Waals surface area contributed by atoms with Crippen LogP contribution in [-0.4, -0.2) is 24.6 Å². The molecule has 0 saturated carbocycles. The SMILES string of the molecule is CSCCC1CNc2ccccc2CN1. The molecule has 2 nitrogen and oxygen atoms in total. The highest BCUT2D eigenvalue weighted by Crippen LogP contribution is 2.18. The molecule has 2 rings (SSSR count). The van der Waals surface area contributed by atoms with Gasteiger partial charge in [0, 0.05) is 24.8 Å². The first-order valence-electron chi connectivity index (χ1n) is 5.44. The van der Waals surface area contributed by atoms with Crippen LogP contribution in [0.15, 0.2) is 24.3 Å². The fourth-order valence-electron chi connectivity index (χ4n) is 1.87. The number of fused-ring (bicyclic) bond motifs is 1. The van der Waals surface area contributed by atoms with E-state index in [1.165, 1.54) is 23.4 Å². The average Bonchev–Trinajstić information content (AvgIpc) is 2.49. The molecule has 1 unspecified atom stereocenters. The first-order valence-corrected chi connectivity index (χ1v) is 6.83. The van der Waals surface area contributed by atoms with Crippen LogP contribution in [0.2, 0.25) is 0 Å². The van der Waals surface area contributed by atoms with E-state index in [0.29, 0.717) is 6.04 Å². The van der Waals surface area contributed by atoms with E-state index >= 15 is 0 Å². The summed E-state index contributed by atoms with van der Waals surface area (Å²) in [6.07, 6.45) is 3.40. The summed E-state index contributed by atoms with van der Waals surface area (Å²) in [5.74, 6) is 1.23. The summed E-state index contributed by atoms with van der Waals surface area (Å²) in [5.41, 5.74) is 2.67. The summed E-state index contributed by atoms with van der Waals surface area (Å²) in [7, 11) is 0. The Balaban J connectivity index is 1.96. The molecule has 1 aliphatic heterocycles. The summed E-state index contributed by atoms with van der Waals surface area (Å²) in [6.45, 7) is 2.03. The lowest BCUT2D eigenvalue weighted by Crippen LogP contribution is -2.33. The van der Waals surface area contributed by atoms with Gasteiger partial charge in [-0.3, -0.25) is 0 Å². The molecular weight excluding hydrogens is 204 g/mol. The number of anilines is 1. The number of para-hydroxylation sites is 1. The Morgan fingerprint density at radius 3 is 3.13 bits per heavy atom. The van der Waals surface area contributed by atoms with Crippen LogP contribution >= 0.6 is 11.8 Å². The van der Waals surface area contributed by atoms with Gasteiger partial charge in [0.2, 0.25) is 0 Å². The monoisotopic (exact) mass is 222 g/mol. The van der Waals surface area contributed by atoms with Gasteiger partial charge >= 0.3 is 0 Å². The van der Waals surface area contributed by atoms with Crippen molar-refractivity contribution in [3.63, 3.8) is 0 Å². The summed E-state index contributed by atoms with van der Waals surface area (Å²) in [4.78, 5) is 0. The van der Waals surface area contributed by atoms with E-state index in [1.54, 1.807) is 0 Å². The van der Waals surface area contributed by atoms with Crippen molar-refractivity contribution < 1.29 is 0 Å². The Morgan fingerprint density at radius 2 is 2.27 bits per heavy atom.